The molecule has 2 amide bonds. The molecule has 2 aliphatic rings. The summed E-state index contributed by atoms with van der Waals surface area (Å²) in [6, 6.07) is 10.1. The number of amides is 2. The highest BCUT2D eigenvalue weighted by Gasteiger charge is 2.36. The molecule has 27 heavy (non-hydrogen) atoms. The van der Waals surface area contributed by atoms with Crippen LogP contribution in [-0.4, -0.2) is 47.9 Å². The van der Waals surface area contributed by atoms with Crippen LogP contribution in [0.3, 0.4) is 0 Å². The van der Waals surface area contributed by atoms with Crippen LogP contribution in [0.15, 0.2) is 30.3 Å². The van der Waals surface area contributed by atoms with Crippen LogP contribution in [0.4, 0.5) is 0 Å². The lowest BCUT2D eigenvalue weighted by atomic mass is 10.1. The zero-order chi connectivity index (χ0) is 19.2. The van der Waals surface area contributed by atoms with E-state index in [2.05, 4.69) is 5.32 Å². The third-order valence-electron chi connectivity index (χ3n) is 5.42. The predicted octanol–water partition coefficient (Wildman–Crippen LogP) is 2.07. The highest BCUT2D eigenvalue weighted by atomic mass is 16.5. The molecule has 1 aliphatic carbocycles. The fourth-order valence-corrected chi connectivity index (χ4v) is 3.77. The van der Waals surface area contributed by atoms with Gasteiger partial charge in [0.1, 0.15) is 0 Å². The van der Waals surface area contributed by atoms with Gasteiger partial charge in [0.05, 0.1) is 5.92 Å². The number of hydrogen-bond donors (Lipinski definition) is 1. The molecule has 1 saturated heterocycles. The first kappa shape index (κ1) is 19.4. The van der Waals surface area contributed by atoms with E-state index in [1.165, 1.54) is 0 Å². The van der Waals surface area contributed by atoms with E-state index in [4.69, 9.17) is 4.74 Å². The van der Waals surface area contributed by atoms with Gasteiger partial charge >= 0.3 is 5.97 Å². The van der Waals surface area contributed by atoms with Crippen LogP contribution in [-0.2, 0) is 25.5 Å². The van der Waals surface area contributed by atoms with Gasteiger partial charge in [0, 0.05) is 25.6 Å². The van der Waals surface area contributed by atoms with Crippen molar-refractivity contribution in [2.24, 2.45) is 5.92 Å². The molecule has 3 rings (SSSR count). The van der Waals surface area contributed by atoms with Crippen LogP contribution in [0.1, 0.15) is 44.6 Å². The van der Waals surface area contributed by atoms with Crippen LogP contribution >= 0.6 is 0 Å². The number of esters is 1. The van der Waals surface area contributed by atoms with E-state index in [1.807, 2.05) is 30.3 Å². The van der Waals surface area contributed by atoms with Gasteiger partial charge in [-0.15, -0.1) is 0 Å². The lowest BCUT2D eigenvalue weighted by molar-refractivity contribution is -0.158. The molecule has 1 aromatic carbocycles. The normalized spacial score (nSPS) is 21.3. The lowest BCUT2D eigenvalue weighted by Crippen LogP contribution is -2.41. The first-order chi connectivity index (χ1) is 13.0. The van der Waals surface area contributed by atoms with Gasteiger partial charge in [-0.05, 0) is 31.7 Å². The maximum Gasteiger partial charge on any atom is 0.312 e. The highest BCUT2D eigenvalue weighted by Crippen LogP contribution is 2.21. The van der Waals surface area contributed by atoms with E-state index < -0.39 is 18.0 Å². The Morgan fingerprint density at radius 2 is 1.93 bits per heavy atom. The number of hydrogen-bond acceptors (Lipinski definition) is 4. The van der Waals surface area contributed by atoms with Crippen LogP contribution in [0.5, 0.6) is 0 Å². The van der Waals surface area contributed by atoms with Crippen molar-refractivity contribution in [2.75, 3.05) is 13.1 Å². The minimum atomic E-state index is -0.827. The lowest BCUT2D eigenvalue weighted by Gasteiger charge is -2.19. The minimum absolute atomic E-state index is 0.0315. The molecule has 0 radical (unpaired) electrons. The quantitative estimate of drug-likeness (QED) is 0.744. The van der Waals surface area contributed by atoms with Gasteiger partial charge in [-0.1, -0.05) is 43.2 Å². The van der Waals surface area contributed by atoms with Crippen molar-refractivity contribution >= 4 is 17.8 Å². The van der Waals surface area contributed by atoms with Gasteiger partial charge in [-0.2, -0.15) is 0 Å². The largest absolute Gasteiger partial charge is 0.452 e. The Kier molecular flexibility index (Phi) is 6.48. The van der Waals surface area contributed by atoms with Gasteiger partial charge < -0.3 is 15.0 Å². The van der Waals surface area contributed by atoms with Crippen molar-refractivity contribution in [1.29, 1.82) is 0 Å². The van der Waals surface area contributed by atoms with Crippen LogP contribution in [0.25, 0.3) is 0 Å². The Labute approximate surface area is 160 Å². The van der Waals surface area contributed by atoms with Crippen molar-refractivity contribution < 1.29 is 19.1 Å². The molecule has 0 unspecified atom stereocenters. The van der Waals surface area contributed by atoms with Crippen molar-refractivity contribution in [2.45, 2.75) is 57.6 Å². The molecule has 6 nitrogen and oxygen atoms in total. The van der Waals surface area contributed by atoms with Gasteiger partial charge in [-0.25, -0.2) is 0 Å². The van der Waals surface area contributed by atoms with Crippen molar-refractivity contribution in [3.8, 4) is 0 Å². The van der Waals surface area contributed by atoms with Crippen LogP contribution in [0.2, 0.25) is 0 Å². The number of rotatable bonds is 7. The Morgan fingerprint density at radius 3 is 2.63 bits per heavy atom. The zero-order valence-corrected chi connectivity index (χ0v) is 15.9. The molecule has 1 saturated carbocycles. The predicted molar refractivity (Wildman–Crippen MR) is 101 cm³/mol. The number of nitrogens with zero attached hydrogens (tertiary/aromatic N) is 1. The van der Waals surface area contributed by atoms with E-state index in [0.29, 0.717) is 13.1 Å². The maximum atomic E-state index is 12.4. The number of carbonyl (C=O) groups is 3. The van der Waals surface area contributed by atoms with E-state index in [1.54, 1.807) is 11.8 Å². The van der Waals surface area contributed by atoms with Crippen molar-refractivity contribution in [3.05, 3.63) is 35.9 Å². The van der Waals surface area contributed by atoms with Gasteiger partial charge in [0.15, 0.2) is 6.10 Å². The van der Waals surface area contributed by atoms with E-state index >= 15 is 0 Å². The molecule has 146 valence electrons. The van der Waals surface area contributed by atoms with Gasteiger partial charge in [0.25, 0.3) is 5.91 Å². The monoisotopic (exact) mass is 372 g/mol. The van der Waals surface area contributed by atoms with Crippen molar-refractivity contribution in [1.82, 2.24) is 10.2 Å². The molecule has 1 N–H and O–H groups in total. The Balaban J connectivity index is 1.44. The second kappa shape index (κ2) is 9.02. The smallest absolute Gasteiger partial charge is 0.312 e. The molecule has 1 heterocycles. The third kappa shape index (κ3) is 5.31. The molecule has 0 bridgehead atoms. The second-order valence-electron chi connectivity index (χ2n) is 7.55. The first-order valence-electron chi connectivity index (χ1n) is 9.85. The van der Waals surface area contributed by atoms with E-state index in [9.17, 15) is 14.4 Å². The number of benzene rings is 1. The topological polar surface area (TPSA) is 75.7 Å². The fourth-order valence-electron chi connectivity index (χ4n) is 3.77. The molecular formula is C21H28N2O4. The average Bonchev–Trinajstić information content (AvgIpc) is 3.30. The van der Waals surface area contributed by atoms with Crippen LogP contribution in [0, 0.1) is 5.92 Å². The number of nitrogens with one attached hydrogen (secondary N) is 1. The molecule has 1 aromatic rings. The first-order valence-corrected chi connectivity index (χ1v) is 9.85. The minimum Gasteiger partial charge on any atom is -0.452 e. The molecule has 0 spiro atoms. The molecule has 1 aliphatic heterocycles. The van der Waals surface area contributed by atoms with Crippen LogP contribution < -0.4 is 5.32 Å². The fraction of sp³-hybridized carbons (Fsp3) is 0.571. The SMILES string of the molecule is C[C@H](OC(=O)[C@H]1CC(=O)N(CCc2ccccc2)C1)C(=O)NC1CCCC1. The zero-order valence-electron chi connectivity index (χ0n) is 15.9. The molecule has 2 fully saturated rings. The summed E-state index contributed by atoms with van der Waals surface area (Å²) in [7, 11) is 0. The number of carbonyl (C=O) groups excluding carboxylic acids is 3. The van der Waals surface area contributed by atoms with Gasteiger partial charge in [-0.3, -0.25) is 14.4 Å². The maximum absolute atomic E-state index is 12.4. The van der Waals surface area contributed by atoms with E-state index in [0.717, 1.165) is 37.7 Å². The summed E-state index contributed by atoms with van der Waals surface area (Å²) in [5.74, 6) is -1.23. The summed E-state index contributed by atoms with van der Waals surface area (Å²) in [6.07, 6.45) is 4.31. The summed E-state index contributed by atoms with van der Waals surface area (Å²) in [6.45, 7) is 2.54. The average molecular weight is 372 g/mol. The van der Waals surface area contributed by atoms with Gasteiger partial charge in [0.2, 0.25) is 5.91 Å². The van der Waals surface area contributed by atoms with E-state index in [-0.39, 0.29) is 24.3 Å². The third-order valence-corrected chi connectivity index (χ3v) is 5.42. The summed E-state index contributed by atoms with van der Waals surface area (Å²) in [4.78, 5) is 38.5. The standard InChI is InChI=1S/C21H28N2O4/c1-15(20(25)22-18-9-5-6-10-18)27-21(26)17-13-19(24)23(14-17)12-11-16-7-3-2-4-8-16/h2-4,7-8,15,17-18H,5-6,9-14H2,1H3,(H,22,25)/t15-,17-/m0/s1. The summed E-state index contributed by atoms with van der Waals surface area (Å²) < 4.78 is 5.34. The number of likely N-dealkylation sites (tertiary alicyclic amines) is 1. The van der Waals surface area contributed by atoms with Crippen molar-refractivity contribution in [3.63, 3.8) is 0 Å². The highest BCUT2D eigenvalue weighted by molar-refractivity contribution is 5.89. The summed E-state index contributed by atoms with van der Waals surface area (Å²) in [5.41, 5.74) is 1.16. The molecule has 2 atom stereocenters. The molecular weight excluding hydrogens is 344 g/mol. The Morgan fingerprint density at radius 1 is 1.22 bits per heavy atom. The summed E-state index contributed by atoms with van der Waals surface area (Å²) in [5, 5.41) is 2.94. The Bertz CT molecular complexity index is 670. The molecule has 0 aromatic heterocycles. The second-order valence-corrected chi connectivity index (χ2v) is 7.55. The molecule has 6 heteroatoms. The summed E-state index contributed by atoms with van der Waals surface area (Å²) >= 11 is 0. The number of ether oxygens (including phenoxy) is 1. The Hall–Kier alpha value is -2.37.